The highest BCUT2D eigenvalue weighted by atomic mass is 32.2. The predicted molar refractivity (Wildman–Crippen MR) is 124 cm³/mol. The first kappa shape index (κ1) is 23.3. The predicted octanol–water partition coefficient (Wildman–Crippen LogP) is 7.07. The van der Waals surface area contributed by atoms with Crippen LogP contribution in [0.2, 0.25) is 0 Å². The van der Waals surface area contributed by atoms with E-state index in [1.165, 1.54) is 5.56 Å². The van der Waals surface area contributed by atoms with Crippen LogP contribution in [0.3, 0.4) is 0 Å². The molecule has 8 heteroatoms. The van der Waals surface area contributed by atoms with Crippen LogP contribution in [0.15, 0.2) is 59.6 Å². The number of carbonyl (C=O) groups is 1. The third kappa shape index (κ3) is 5.93. The second-order valence-electron chi connectivity index (χ2n) is 8.20. The molecule has 1 unspecified atom stereocenters. The number of nitrogens with one attached hydrogen (secondary N) is 1. The first-order valence-corrected chi connectivity index (χ1v) is 11.8. The molecule has 1 saturated carbocycles. The lowest BCUT2D eigenvalue weighted by atomic mass is 9.84. The summed E-state index contributed by atoms with van der Waals surface area (Å²) in [4.78, 5) is 21.1. The first-order chi connectivity index (χ1) is 15.8. The van der Waals surface area contributed by atoms with E-state index in [1.807, 2.05) is 43.3 Å². The molecule has 4 rings (SSSR count). The van der Waals surface area contributed by atoms with Gasteiger partial charge in [0.05, 0.1) is 11.3 Å². The van der Waals surface area contributed by atoms with Crippen LogP contribution in [-0.2, 0) is 16.7 Å². The second kappa shape index (κ2) is 9.95. The third-order valence-corrected chi connectivity index (χ3v) is 6.75. The lowest BCUT2D eigenvalue weighted by molar-refractivity contribution is -0.139. The molecule has 1 fully saturated rings. The molecule has 1 aliphatic rings. The van der Waals surface area contributed by atoms with Gasteiger partial charge in [0, 0.05) is 41.3 Å². The Morgan fingerprint density at radius 1 is 1.15 bits per heavy atom. The van der Waals surface area contributed by atoms with E-state index in [4.69, 9.17) is 0 Å². The molecule has 0 aliphatic heterocycles. The summed E-state index contributed by atoms with van der Waals surface area (Å²) in [5.74, 6) is 0.387. The number of thioether (sulfide) groups is 1. The van der Waals surface area contributed by atoms with Crippen LogP contribution in [0.1, 0.15) is 54.0 Å². The van der Waals surface area contributed by atoms with Gasteiger partial charge in [0.1, 0.15) is 5.78 Å². The van der Waals surface area contributed by atoms with Crippen molar-refractivity contribution in [2.75, 3.05) is 5.32 Å². The molecule has 2 aromatic carbocycles. The number of anilines is 2. The van der Waals surface area contributed by atoms with Crippen LogP contribution in [0.4, 0.5) is 24.8 Å². The average molecular weight is 472 g/mol. The van der Waals surface area contributed by atoms with Gasteiger partial charge in [-0.25, -0.2) is 9.97 Å². The van der Waals surface area contributed by atoms with Crippen LogP contribution >= 0.6 is 11.8 Å². The highest BCUT2D eigenvalue weighted by Gasteiger charge is 2.38. The molecule has 0 amide bonds. The SMILES string of the molecule is Cc1cc(SCc2ccccc2)ccc1Nc1ncc(C(F)(F)F)c(C2CCCC(=O)C2)n1. The molecular formula is C25H24F3N3OS. The lowest BCUT2D eigenvalue weighted by Crippen LogP contribution is -2.20. The molecule has 0 saturated heterocycles. The molecule has 1 aromatic heterocycles. The van der Waals surface area contributed by atoms with Gasteiger partial charge < -0.3 is 5.32 Å². The van der Waals surface area contributed by atoms with Crippen molar-refractivity contribution in [3.05, 3.63) is 77.1 Å². The Balaban J connectivity index is 1.53. The Bertz CT molecular complexity index is 1140. The van der Waals surface area contributed by atoms with Crippen molar-refractivity contribution in [3.8, 4) is 0 Å². The fourth-order valence-corrected chi connectivity index (χ4v) is 4.92. The van der Waals surface area contributed by atoms with E-state index < -0.39 is 17.7 Å². The highest BCUT2D eigenvalue weighted by Crippen LogP contribution is 2.39. The zero-order valence-corrected chi connectivity index (χ0v) is 19.0. The molecule has 1 heterocycles. The number of benzene rings is 2. The minimum absolute atomic E-state index is 0.0214. The molecule has 0 spiro atoms. The summed E-state index contributed by atoms with van der Waals surface area (Å²) in [6, 6.07) is 16.0. The number of hydrogen-bond acceptors (Lipinski definition) is 5. The molecule has 1 atom stereocenters. The number of rotatable bonds is 6. The first-order valence-electron chi connectivity index (χ1n) is 10.8. The Kier molecular flexibility index (Phi) is 7.02. The van der Waals surface area contributed by atoms with E-state index >= 15 is 0 Å². The van der Waals surface area contributed by atoms with Crippen molar-refractivity contribution < 1.29 is 18.0 Å². The van der Waals surface area contributed by atoms with Crippen LogP contribution in [0, 0.1) is 6.92 Å². The van der Waals surface area contributed by atoms with Gasteiger partial charge in [0.25, 0.3) is 0 Å². The van der Waals surface area contributed by atoms with Crippen LogP contribution in [0.25, 0.3) is 0 Å². The summed E-state index contributed by atoms with van der Waals surface area (Å²) < 4.78 is 40.7. The van der Waals surface area contributed by atoms with E-state index in [0.717, 1.165) is 28.1 Å². The molecule has 1 N–H and O–H groups in total. The molecule has 172 valence electrons. The Morgan fingerprint density at radius 3 is 2.64 bits per heavy atom. The number of aryl methyl sites for hydroxylation is 1. The molecular weight excluding hydrogens is 447 g/mol. The van der Waals surface area contributed by atoms with E-state index in [9.17, 15) is 18.0 Å². The van der Waals surface area contributed by atoms with Crippen LogP contribution in [0.5, 0.6) is 0 Å². The van der Waals surface area contributed by atoms with Crippen molar-refractivity contribution in [1.29, 1.82) is 0 Å². The Labute approximate surface area is 195 Å². The Morgan fingerprint density at radius 2 is 1.94 bits per heavy atom. The van der Waals surface area contributed by atoms with Gasteiger partial charge in [0.15, 0.2) is 0 Å². The zero-order valence-electron chi connectivity index (χ0n) is 18.2. The quantitative estimate of drug-likeness (QED) is 0.390. The van der Waals surface area contributed by atoms with E-state index in [-0.39, 0.29) is 23.8 Å². The molecule has 4 nitrogen and oxygen atoms in total. The van der Waals surface area contributed by atoms with Gasteiger partial charge >= 0.3 is 6.18 Å². The van der Waals surface area contributed by atoms with Crippen molar-refractivity contribution in [3.63, 3.8) is 0 Å². The summed E-state index contributed by atoms with van der Waals surface area (Å²) in [6.07, 6.45) is -2.15. The van der Waals surface area contributed by atoms with Crippen molar-refractivity contribution in [1.82, 2.24) is 9.97 Å². The van der Waals surface area contributed by atoms with Crippen molar-refractivity contribution >= 4 is 29.2 Å². The maximum atomic E-state index is 13.6. The fraction of sp³-hybridized carbons (Fsp3) is 0.320. The number of Topliss-reactive ketones (excluding diaryl/α,β-unsaturated/α-hetero) is 1. The number of alkyl halides is 3. The van der Waals surface area contributed by atoms with Gasteiger partial charge in [0.2, 0.25) is 5.95 Å². The minimum Gasteiger partial charge on any atom is -0.324 e. The number of ketones is 1. The summed E-state index contributed by atoms with van der Waals surface area (Å²) in [6.45, 7) is 1.93. The number of halogens is 3. The third-order valence-electron chi connectivity index (χ3n) is 5.69. The highest BCUT2D eigenvalue weighted by molar-refractivity contribution is 7.98. The van der Waals surface area contributed by atoms with Crippen molar-refractivity contribution in [2.45, 2.75) is 55.3 Å². The van der Waals surface area contributed by atoms with Crippen LogP contribution in [-0.4, -0.2) is 15.8 Å². The molecule has 0 radical (unpaired) electrons. The summed E-state index contributed by atoms with van der Waals surface area (Å²) >= 11 is 1.71. The Hall–Kier alpha value is -2.87. The van der Waals surface area contributed by atoms with E-state index in [0.29, 0.717) is 19.3 Å². The largest absolute Gasteiger partial charge is 0.419 e. The average Bonchev–Trinajstić information content (AvgIpc) is 2.79. The second-order valence-corrected chi connectivity index (χ2v) is 9.25. The molecule has 0 bridgehead atoms. The van der Waals surface area contributed by atoms with Gasteiger partial charge in [-0.3, -0.25) is 4.79 Å². The van der Waals surface area contributed by atoms with Gasteiger partial charge in [-0.2, -0.15) is 13.2 Å². The van der Waals surface area contributed by atoms with E-state index in [1.54, 1.807) is 11.8 Å². The summed E-state index contributed by atoms with van der Waals surface area (Å²) in [5.41, 5.74) is 1.93. The maximum Gasteiger partial charge on any atom is 0.419 e. The standard InChI is InChI=1S/C25H24F3N3OS/c1-16-12-20(33-15-17-6-3-2-4-7-17)10-11-22(16)30-24-29-14-21(25(26,27)28)23(31-24)18-8-5-9-19(32)13-18/h2-4,6-7,10-12,14,18H,5,8-9,13,15H2,1H3,(H,29,30,31). The van der Waals surface area contributed by atoms with Gasteiger partial charge in [-0.15, -0.1) is 11.8 Å². The topological polar surface area (TPSA) is 54.9 Å². The van der Waals surface area contributed by atoms with E-state index in [2.05, 4.69) is 27.4 Å². The van der Waals surface area contributed by atoms with Gasteiger partial charge in [-0.1, -0.05) is 30.3 Å². The molecule has 33 heavy (non-hydrogen) atoms. The number of aromatic nitrogens is 2. The van der Waals surface area contributed by atoms with Crippen LogP contribution < -0.4 is 5.32 Å². The molecule has 1 aliphatic carbocycles. The smallest absolute Gasteiger partial charge is 0.324 e. The summed E-state index contributed by atoms with van der Waals surface area (Å²) in [5, 5.41) is 3.06. The lowest BCUT2D eigenvalue weighted by Gasteiger charge is -2.23. The zero-order chi connectivity index (χ0) is 23.4. The minimum atomic E-state index is -4.57. The maximum absolute atomic E-state index is 13.6. The van der Waals surface area contributed by atoms with Gasteiger partial charge in [-0.05, 0) is 49.1 Å². The number of carbonyl (C=O) groups excluding carboxylic acids is 1. The number of hydrogen-bond donors (Lipinski definition) is 1. The van der Waals surface area contributed by atoms with Crippen molar-refractivity contribution in [2.24, 2.45) is 0 Å². The number of nitrogens with zero attached hydrogens (tertiary/aromatic N) is 2. The molecule has 3 aromatic rings. The normalized spacial score (nSPS) is 16.6. The monoisotopic (exact) mass is 471 g/mol. The summed E-state index contributed by atoms with van der Waals surface area (Å²) in [7, 11) is 0. The fourth-order valence-electron chi connectivity index (χ4n) is 3.97.